The number of ether oxygens (including phenoxy) is 1. The van der Waals surface area contributed by atoms with Crippen molar-refractivity contribution < 1.29 is 19.2 Å². The number of quaternary nitrogens is 1. The smallest absolute Gasteiger partial charge is 0.341 e. The highest BCUT2D eigenvalue weighted by Gasteiger charge is 2.30. The fraction of sp³-hybridized carbons (Fsp3) is 0.600. The number of rotatable bonds is 4. The summed E-state index contributed by atoms with van der Waals surface area (Å²) in [7, 11) is 2.14. The van der Waals surface area contributed by atoms with E-state index in [2.05, 4.69) is 12.4 Å². The maximum Gasteiger partial charge on any atom is 0.341 e. The minimum absolute atomic E-state index is 0.0696. The molecule has 0 bridgehead atoms. The summed E-state index contributed by atoms with van der Waals surface area (Å²) >= 11 is 1.51. The number of fused-ring (bicyclic) bond motifs is 1. The van der Waals surface area contributed by atoms with Crippen LogP contribution in [0.4, 0.5) is 5.00 Å². The second-order valence-electron chi connectivity index (χ2n) is 5.71. The van der Waals surface area contributed by atoms with Crippen LogP contribution >= 0.6 is 11.3 Å². The third-order valence-electron chi connectivity index (χ3n) is 3.60. The van der Waals surface area contributed by atoms with Crippen LogP contribution in [0.2, 0.25) is 0 Å². The molecule has 1 atom stereocenters. The van der Waals surface area contributed by atoms with Crippen molar-refractivity contribution in [3.63, 3.8) is 0 Å². The van der Waals surface area contributed by atoms with Gasteiger partial charge in [0, 0.05) is 12.3 Å². The first-order chi connectivity index (χ1) is 9.93. The minimum atomic E-state index is -0.325. The average Bonchev–Trinajstić information content (AvgIpc) is 2.75. The van der Waals surface area contributed by atoms with E-state index in [0.717, 1.165) is 25.1 Å². The Labute approximate surface area is 129 Å². The van der Waals surface area contributed by atoms with Gasteiger partial charge in [-0.15, -0.1) is 11.3 Å². The highest BCUT2D eigenvalue weighted by molar-refractivity contribution is 7.17. The summed E-state index contributed by atoms with van der Waals surface area (Å²) in [6.07, 6.45) is 0.851. The molecule has 2 heterocycles. The van der Waals surface area contributed by atoms with Crippen molar-refractivity contribution in [1.82, 2.24) is 0 Å². The third kappa shape index (κ3) is 3.44. The maximum atomic E-state index is 12.3. The molecule has 0 spiro atoms. The van der Waals surface area contributed by atoms with Crippen LogP contribution in [0.1, 0.15) is 41.6 Å². The number of amides is 1. The van der Waals surface area contributed by atoms with Gasteiger partial charge in [0.15, 0.2) is 0 Å². The summed E-state index contributed by atoms with van der Waals surface area (Å²) in [4.78, 5) is 26.8. The Bertz CT molecular complexity index is 551. The van der Waals surface area contributed by atoms with Crippen LogP contribution in [0, 0.1) is 5.92 Å². The predicted octanol–water partition coefficient (Wildman–Crippen LogP) is 1.09. The second kappa shape index (κ2) is 6.58. The van der Waals surface area contributed by atoms with Crippen LogP contribution in [0.25, 0.3) is 0 Å². The number of anilines is 1. The molecule has 1 aliphatic rings. The zero-order valence-electron chi connectivity index (χ0n) is 13.0. The van der Waals surface area contributed by atoms with Crippen LogP contribution in [0.5, 0.6) is 0 Å². The molecule has 1 amide bonds. The van der Waals surface area contributed by atoms with Crippen molar-refractivity contribution in [3.05, 3.63) is 16.0 Å². The van der Waals surface area contributed by atoms with Gasteiger partial charge in [-0.05, 0) is 12.5 Å². The van der Waals surface area contributed by atoms with Gasteiger partial charge in [-0.2, -0.15) is 0 Å². The van der Waals surface area contributed by atoms with E-state index in [1.54, 1.807) is 6.92 Å². The maximum absolute atomic E-state index is 12.3. The molecule has 0 fully saturated rings. The predicted molar refractivity (Wildman–Crippen MR) is 82.9 cm³/mol. The van der Waals surface area contributed by atoms with Gasteiger partial charge in [-0.1, -0.05) is 13.8 Å². The molecule has 2 rings (SSSR count). The van der Waals surface area contributed by atoms with E-state index >= 15 is 0 Å². The van der Waals surface area contributed by atoms with Gasteiger partial charge >= 0.3 is 5.97 Å². The number of carbonyl (C=O) groups excluding carboxylic acids is 2. The highest BCUT2D eigenvalue weighted by atomic mass is 32.1. The largest absolute Gasteiger partial charge is 0.462 e. The Morgan fingerprint density at radius 3 is 2.76 bits per heavy atom. The standard InChI is InChI=1S/C15H22N2O3S/c1-5-20-15(19)12-10-6-7-17(4)8-11(10)21-14(12)16-13(18)9(2)3/h9H,5-8H2,1-4H3,(H,16,18)/p+1. The van der Waals surface area contributed by atoms with E-state index in [1.165, 1.54) is 21.1 Å². The van der Waals surface area contributed by atoms with Crippen LogP contribution in [-0.4, -0.2) is 32.1 Å². The van der Waals surface area contributed by atoms with Gasteiger partial charge < -0.3 is 15.0 Å². The molecule has 116 valence electrons. The van der Waals surface area contributed by atoms with Crippen molar-refractivity contribution >= 4 is 28.2 Å². The Morgan fingerprint density at radius 1 is 1.43 bits per heavy atom. The Morgan fingerprint density at radius 2 is 2.14 bits per heavy atom. The van der Waals surface area contributed by atoms with E-state index in [-0.39, 0.29) is 17.8 Å². The third-order valence-corrected chi connectivity index (χ3v) is 4.74. The lowest BCUT2D eigenvalue weighted by atomic mass is 10.0. The van der Waals surface area contributed by atoms with Crippen molar-refractivity contribution in [3.8, 4) is 0 Å². The molecule has 1 aliphatic heterocycles. The molecule has 0 radical (unpaired) electrons. The number of hydrogen-bond donors (Lipinski definition) is 2. The number of esters is 1. The average molecular weight is 311 g/mol. The van der Waals surface area contributed by atoms with Crippen LogP contribution in [0.3, 0.4) is 0 Å². The van der Waals surface area contributed by atoms with Gasteiger partial charge in [0.25, 0.3) is 0 Å². The quantitative estimate of drug-likeness (QED) is 0.819. The fourth-order valence-corrected chi connectivity index (χ4v) is 3.74. The number of nitrogens with one attached hydrogen (secondary N) is 2. The summed E-state index contributed by atoms with van der Waals surface area (Å²) in [6, 6.07) is 0. The zero-order valence-corrected chi connectivity index (χ0v) is 13.9. The van der Waals surface area contributed by atoms with Crippen LogP contribution < -0.4 is 10.2 Å². The van der Waals surface area contributed by atoms with Gasteiger partial charge in [0.2, 0.25) is 5.91 Å². The Balaban J connectivity index is 2.38. The van der Waals surface area contributed by atoms with Gasteiger partial charge in [0.1, 0.15) is 11.5 Å². The molecule has 0 aromatic carbocycles. The van der Waals surface area contributed by atoms with Crippen molar-refractivity contribution in [2.75, 3.05) is 25.5 Å². The monoisotopic (exact) mass is 311 g/mol. The summed E-state index contributed by atoms with van der Waals surface area (Å²) < 4.78 is 5.17. The Kier molecular flexibility index (Phi) is 5.00. The molecule has 1 aromatic rings. The topological polar surface area (TPSA) is 59.8 Å². The Hall–Kier alpha value is -1.40. The fourth-order valence-electron chi connectivity index (χ4n) is 2.38. The first kappa shape index (κ1) is 16.0. The number of likely N-dealkylation sites (N-methyl/N-ethyl adjacent to an activating group) is 1. The molecule has 2 N–H and O–H groups in total. The first-order valence-corrected chi connectivity index (χ1v) is 8.19. The second-order valence-corrected chi connectivity index (χ2v) is 6.81. The molecular weight excluding hydrogens is 288 g/mol. The van der Waals surface area contributed by atoms with E-state index < -0.39 is 0 Å². The van der Waals surface area contributed by atoms with Crippen LogP contribution in [-0.2, 0) is 22.5 Å². The molecule has 6 heteroatoms. The number of carbonyl (C=O) groups is 2. The minimum Gasteiger partial charge on any atom is -0.462 e. The number of hydrogen-bond acceptors (Lipinski definition) is 4. The summed E-state index contributed by atoms with van der Waals surface area (Å²) in [5.41, 5.74) is 1.63. The lowest BCUT2D eigenvalue weighted by molar-refractivity contribution is -0.895. The normalized spacial score (nSPS) is 17.5. The first-order valence-electron chi connectivity index (χ1n) is 7.37. The van der Waals surface area contributed by atoms with Gasteiger partial charge in [0.05, 0.1) is 30.6 Å². The van der Waals surface area contributed by atoms with Gasteiger partial charge in [-0.25, -0.2) is 4.79 Å². The number of thiophene rings is 1. The highest BCUT2D eigenvalue weighted by Crippen LogP contribution is 2.35. The van der Waals surface area contributed by atoms with Crippen molar-refractivity contribution in [1.29, 1.82) is 0 Å². The molecule has 1 aromatic heterocycles. The van der Waals surface area contributed by atoms with Crippen LogP contribution in [0.15, 0.2) is 0 Å². The summed E-state index contributed by atoms with van der Waals surface area (Å²) in [6.45, 7) is 7.69. The zero-order chi connectivity index (χ0) is 15.6. The molecule has 5 nitrogen and oxygen atoms in total. The van der Waals surface area contributed by atoms with E-state index in [1.807, 2.05) is 13.8 Å². The van der Waals surface area contributed by atoms with E-state index in [4.69, 9.17) is 4.74 Å². The summed E-state index contributed by atoms with van der Waals surface area (Å²) in [5.74, 6) is -0.513. The van der Waals surface area contributed by atoms with E-state index in [9.17, 15) is 9.59 Å². The molecule has 21 heavy (non-hydrogen) atoms. The van der Waals surface area contributed by atoms with Crippen molar-refractivity contribution in [2.45, 2.75) is 33.7 Å². The van der Waals surface area contributed by atoms with E-state index in [0.29, 0.717) is 17.2 Å². The lowest BCUT2D eigenvalue weighted by Crippen LogP contribution is -3.08. The molecule has 0 saturated heterocycles. The molecule has 1 unspecified atom stereocenters. The van der Waals surface area contributed by atoms with Crippen molar-refractivity contribution in [2.24, 2.45) is 5.92 Å². The summed E-state index contributed by atoms with van der Waals surface area (Å²) in [5, 5.41) is 3.54. The molecule has 0 aliphatic carbocycles. The van der Waals surface area contributed by atoms with Gasteiger partial charge in [-0.3, -0.25) is 4.79 Å². The molecule has 0 saturated carbocycles. The molecular formula is C15H23N2O3S+. The SMILES string of the molecule is CCOC(=O)c1c(NC(=O)C(C)C)sc2c1CC[NH+](C)C2. The lowest BCUT2D eigenvalue weighted by Gasteiger charge is -2.19.